The van der Waals surface area contributed by atoms with Gasteiger partial charge in [0.2, 0.25) is 0 Å². The molecule has 0 radical (unpaired) electrons. The van der Waals surface area contributed by atoms with Crippen molar-refractivity contribution in [2.75, 3.05) is 13.1 Å². The van der Waals surface area contributed by atoms with E-state index in [-0.39, 0.29) is 5.91 Å². The van der Waals surface area contributed by atoms with E-state index in [1.807, 2.05) is 21.7 Å². The maximum atomic E-state index is 12.7. The number of rotatable bonds is 4. The molecular formula is C16H25BrN2O. The molecule has 0 saturated carbocycles. The second kappa shape index (κ2) is 7.30. The van der Waals surface area contributed by atoms with E-state index in [0.29, 0.717) is 0 Å². The van der Waals surface area contributed by atoms with Crippen LogP contribution >= 0.6 is 15.9 Å². The van der Waals surface area contributed by atoms with Gasteiger partial charge in [0.25, 0.3) is 5.91 Å². The molecule has 1 aromatic heterocycles. The molecule has 0 bridgehead atoms. The Labute approximate surface area is 130 Å². The molecule has 1 atom stereocenters. The van der Waals surface area contributed by atoms with Gasteiger partial charge in [-0.05, 0) is 54.1 Å². The average molecular weight is 341 g/mol. The first kappa shape index (κ1) is 15.6. The number of carbonyl (C=O) groups is 1. The zero-order valence-electron chi connectivity index (χ0n) is 12.6. The molecule has 0 N–H and O–H groups in total. The summed E-state index contributed by atoms with van der Waals surface area (Å²) in [5, 5.41) is 0. The molecule has 1 fully saturated rings. The Morgan fingerprint density at radius 3 is 2.85 bits per heavy atom. The Balaban J connectivity index is 2.05. The van der Waals surface area contributed by atoms with Crippen molar-refractivity contribution in [3.8, 4) is 0 Å². The summed E-state index contributed by atoms with van der Waals surface area (Å²) in [7, 11) is 0. The van der Waals surface area contributed by atoms with Crippen molar-refractivity contribution in [1.82, 2.24) is 9.47 Å². The van der Waals surface area contributed by atoms with Crippen LogP contribution in [0.15, 0.2) is 16.7 Å². The maximum absolute atomic E-state index is 12.7. The first-order chi connectivity index (χ1) is 9.65. The lowest BCUT2D eigenvalue weighted by Gasteiger charge is -2.21. The van der Waals surface area contributed by atoms with Crippen molar-refractivity contribution in [3.63, 3.8) is 0 Å². The highest BCUT2D eigenvalue weighted by atomic mass is 79.9. The Morgan fingerprint density at radius 2 is 2.15 bits per heavy atom. The molecule has 2 heterocycles. The maximum Gasteiger partial charge on any atom is 0.270 e. The molecule has 1 aliphatic rings. The van der Waals surface area contributed by atoms with Gasteiger partial charge in [0, 0.05) is 30.3 Å². The Kier molecular flexibility index (Phi) is 5.70. The molecule has 1 unspecified atom stereocenters. The van der Waals surface area contributed by atoms with Crippen LogP contribution in [0.2, 0.25) is 0 Å². The SMILES string of the molecule is CCCC1CCCN(C(=O)c2cc(Br)cn2CC)CC1. The van der Waals surface area contributed by atoms with Gasteiger partial charge in [0.1, 0.15) is 5.69 Å². The summed E-state index contributed by atoms with van der Waals surface area (Å²) < 4.78 is 3.02. The van der Waals surface area contributed by atoms with E-state index < -0.39 is 0 Å². The van der Waals surface area contributed by atoms with E-state index in [9.17, 15) is 4.79 Å². The van der Waals surface area contributed by atoms with Gasteiger partial charge >= 0.3 is 0 Å². The van der Waals surface area contributed by atoms with Gasteiger partial charge in [-0.3, -0.25) is 4.79 Å². The lowest BCUT2D eigenvalue weighted by molar-refractivity contribution is 0.0749. The Bertz CT molecular complexity index is 455. The summed E-state index contributed by atoms with van der Waals surface area (Å²) in [4.78, 5) is 14.7. The van der Waals surface area contributed by atoms with Gasteiger partial charge < -0.3 is 9.47 Å². The molecule has 1 aromatic rings. The second-order valence-corrected chi connectivity index (χ2v) is 6.62. The summed E-state index contributed by atoms with van der Waals surface area (Å²) in [5.74, 6) is 0.997. The minimum Gasteiger partial charge on any atom is -0.343 e. The number of aryl methyl sites for hydroxylation is 1. The van der Waals surface area contributed by atoms with E-state index in [1.165, 1.54) is 19.3 Å². The number of amides is 1. The summed E-state index contributed by atoms with van der Waals surface area (Å²) in [5.41, 5.74) is 0.813. The summed E-state index contributed by atoms with van der Waals surface area (Å²) in [6, 6.07) is 1.94. The van der Waals surface area contributed by atoms with E-state index in [2.05, 4.69) is 29.8 Å². The highest BCUT2D eigenvalue weighted by molar-refractivity contribution is 9.10. The number of nitrogens with zero attached hydrogens (tertiary/aromatic N) is 2. The van der Waals surface area contributed by atoms with Crippen LogP contribution in [0.5, 0.6) is 0 Å². The third kappa shape index (κ3) is 3.66. The van der Waals surface area contributed by atoms with E-state index >= 15 is 0 Å². The zero-order chi connectivity index (χ0) is 14.5. The van der Waals surface area contributed by atoms with Gasteiger partial charge in [-0.1, -0.05) is 19.8 Å². The first-order valence-corrected chi connectivity index (χ1v) is 8.60. The molecule has 1 aliphatic heterocycles. The fourth-order valence-electron chi connectivity index (χ4n) is 3.14. The number of carbonyl (C=O) groups excluding carboxylic acids is 1. The van der Waals surface area contributed by atoms with Crippen LogP contribution in [0.1, 0.15) is 56.4 Å². The van der Waals surface area contributed by atoms with Gasteiger partial charge in [-0.15, -0.1) is 0 Å². The van der Waals surface area contributed by atoms with Crippen molar-refractivity contribution in [3.05, 3.63) is 22.4 Å². The van der Waals surface area contributed by atoms with Gasteiger partial charge in [-0.2, -0.15) is 0 Å². The number of aromatic nitrogens is 1. The molecule has 4 heteroatoms. The number of likely N-dealkylation sites (tertiary alicyclic amines) is 1. The fraction of sp³-hybridized carbons (Fsp3) is 0.688. The monoisotopic (exact) mass is 340 g/mol. The molecule has 0 aromatic carbocycles. The van der Waals surface area contributed by atoms with Crippen LogP contribution in [0, 0.1) is 5.92 Å². The highest BCUT2D eigenvalue weighted by Crippen LogP contribution is 2.24. The molecule has 0 spiro atoms. The van der Waals surface area contributed by atoms with Gasteiger partial charge in [-0.25, -0.2) is 0 Å². The van der Waals surface area contributed by atoms with Crippen LogP contribution in [0.4, 0.5) is 0 Å². The lowest BCUT2D eigenvalue weighted by atomic mass is 9.96. The third-order valence-electron chi connectivity index (χ3n) is 4.25. The van der Waals surface area contributed by atoms with Crippen molar-refractivity contribution < 1.29 is 4.79 Å². The van der Waals surface area contributed by atoms with Crippen LogP contribution in [0.25, 0.3) is 0 Å². The molecule has 3 nitrogen and oxygen atoms in total. The number of hydrogen-bond acceptors (Lipinski definition) is 1. The Morgan fingerprint density at radius 1 is 1.35 bits per heavy atom. The summed E-state index contributed by atoms with van der Waals surface area (Å²) >= 11 is 3.47. The van der Waals surface area contributed by atoms with Crippen LogP contribution in [-0.2, 0) is 6.54 Å². The fourth-order valence-corrected chi connectivity index (χ4v) is 3.61. The highest BCUT2D eigenvalue weighted by Gasteiger charge is 2.23. The minimum atomic E-state index is 0.190. The first-order valence-electron chi connectivity index (χ1n) is 7.80. The van der Waals surface area contributed by atoms with Crippen molar-refractivity contribution in [1.29, 1.82) is 0 Å². The van der Waals surface area contributed by atoms with Crippen LogP contribution in [0.3, 0.4) is 0 Å². The lowest BCUT2D eigenvalue weighted by Crippen LogP contribution is -2.33. The zero-order valence-corrected chi connectivity index (χ0v) is 14.2. The quantitative estimate of drug-likeness (QED) is 0.801. The molecular weight excluding hydrogens is 316 g/mol. The molecule has 20 heavy (non-hydrogen) atoms. The smallest absolute Gasteiger partial charge is 0.270 e. The van der Waals surface area contributed by atoms with Crippen molar-refractivity contribution in [2.24, 2.45) is 5.92 Å². The molecule has 112 valence electrons. The molecule has 0 aliphatic carbocycles. The predicted octanol–water partition coefficient (Wildman–Crippen LogP) is 4.31. The average Bonchev–Trinajstić information content (AvgIpc) is 2.66. The standard InChI is InChI=1S/C16H25BrN2O/c1-3-6-13-7-5-9-19(10-8-13)16(20)15-11-14(17)12-18(15)4-2/h11-13H,3-10H2,1-2H3. The summed E-state index contributed by atoms with van der Waals surface area (Å²) in [6.45, 7) is 6.98. The normalized spacial score (nSPS) is 19.9. The van der Waals surface area contributed by atoms with E-state index in [1.54, 1.807) is 0 Å². The van der Waals surface area contributed by atoms with Gasteiger partial charge in [0.05, 0.1) is 0 Å². The minimum absolute atomic E-state index is 0.190. The topological polar surface area (TPSA) is 25.2 Å². The number of hydrogen-bond donors (Lipinski definition) is 0. The molecule has 1 amide bonds. The Hall–Kier alpha value is -0.770. The second-order valence-electron chi connectivity index (χ2n) is 5.71. The van der Waals surface area contributed by atoms with Crippen molar-refractivity contribution in [2.45, 2.75) is 52.5 Å². The predicted molar refractivity (Wildman–Crippen MR) is 86.0 cm³/mol. The molecule has 2 rings (SSSR count). The van der Waals surface area contributed by atoms with Gasteiger partial charge in [0.15, 0.2) is 0 Å². The third-order valence-corrected chi connectivity index (χ3v) is 4.69. The number of halogens is 1. The molecule has 1 saturated heterocycles. The van der Waals surface area contributed by atoms with Crippen molar-refractivity contribution >= 4 is 21.8 Å². The largest absolute Gasteiger partial charge is 0.343 e. The van der Waals surface area contributed by atoms with Crippen LogP contribution in [-0.4, -0.2) is 28.5 Å². The van der Waals surface area contributed by atoms with E-state index in [0.717, 1.165) is 48.6 Å². The van der Waals surface area contributed by atoms with Crippen LogP contribution < -0.4 is 0 Å². The summed E-state index contributed by atoms with van der Waals surface area (Å²) in [6.07, 6.45) is 8.13. The van der Waals surface area contributed by atoms with E-state index in [4.69, 9.17) is 0 Å².